The van der Waals surface area contributed by atoms with Gasteiger partial charge < -0.3 is 11.1 Å². The van der Waals surface area contributed by atoms with Crippen molar-refractivity contribution in [3.05, 3.63) is 29.8 Å². The molecule has 1 aromatic rings. The highest BCUT2D eigenvalue weighted by Gasteiger charge is 2.12. The van der Waals surface area contributed by atoms with Gasteiger partial charge in [0.25, 0.3) is 5.91 Å². The number of hydrogen-bond donors (Lipinski definition) is 2. The fraction of sp³-hybridized carbons (Fsp3) is 0.364. The third-order valence-corrected chi connectivity index (χ3v) is 3.37. The van der Waals surface area contributed by atoms with E-state index in [1.165, 1.54) is 12.1 Å². The summed E-state index contributed by atoms with van der Waals surface area (Å²) in [5, 5.41) is 2.67. The molecular weight excluding hydrogens is 240 g/mol. The van der Waals surface area contributed by atoms with Crippen molar-refractivity contribution in [1.29, 1.82) is 0 Å². The van der Waals surface area contributed by atoms with E-state index in [9.17, 15) is 13.2 Å². The van der Waals surface area contributed by atoms with Gasteiger partial charge in [-0.15, -0.1) is 0 Å². The Kier molecular flexibility index (Phi) is 4.25. The zero-order chi connectivity index (χ0) is 13.1. The van der Waals surface area contributed by atoms with E-state index in [0.29, 0.717) is 12.1 Å². The number of hydrogen-bond acceptors (Lipinski definition) is 4. The van der Waals surface area contributed by atoms with Crippen molar-refractivity contribution in [3.8, 4) is 0 Å². The van der Waals surface area contributed by atoms with Crippen molar-refractivity contribution in [2.24, 2.45) is 5.73 Å². The third-order valence-electron chi connectivity index (χ3n) is 2.26. The number of benzene rings is 1. The van der Waals surface area contributed by atoms with Gasteiger partial charge in [0, 0.05) is 24.4 Å². The largest absolute Gasteiger partial charge is 0.348 e. The lowest BCUT2D eigenvalue weighted by molar-refractivity contribution is 0.0941. The molecule has 6 heteroatoms. The van der Waals surface area contributed by atoms with E-state index in [1.807, 2.05) is 0 Å². The number of amides is 1. The molecule has 1 aromatic carbocycles. The van der Waals surface area contributed by atoms with Gasteiger partial charge in [0.15, 0.2) is 9.84 Å². The van der Waals surface area contributed by atoms with E-state index in [-0.39, 0.29) is 16.8 Å². The molecular formula is C11H16N2O3S. The first-order valence-corrected chi connectivity index (χ1v) is 7.05. The van der Waals surface area contributed by atoms with Crippen LogP contribution >= 0.6 is 0 Å². The maximum absolute atomic E-state index is 11.7. The first kappa shape index (κ1) is 13.7. The predicted octanol–water partition coefficient (Wildman–Crippen LogP) is 0.167. The topological polar surface area (TPSA) is 89.3 Å². The van der Waals surface area contributed by atoms with Gasteiger partial charge in [-0.2, -0.15) is 0 Å². The van der Waals surface area contributed by atoms with Crippen molar-refractivity contribution >= 4 is 15.7 Å². The smallest absolute Gasteiger partial charge is 0.251 e. The molecule has 0 fully saturated rings. The molecule has 1 rings (SSSR count). The lowest BCUT2D eigenvalue weighted by atomic mass is 10.2. The molecule has 94 valence electrons. The lowest BCUT2D eigenvalue weighted by Crippen LogP contribution is -2.37. The van der Waals surface area contributed by atoms with E-state index in [0.717, 1.165) is 6.26 Å². The molecule has 0 unspecified atom stereocenters. The number of nitrogens with one attached hydrogen (secondary N) is 1. The first-order valence-electron chi connectivity index (χ1n) is 5.15. The van der Waals surface area contributed by atoms with Gasteiger partial charge in [-0.25, -0.2) is 8.42 Å². The van der Waals surface area contributed by atoms with Crippen LogP contribution in [0.15, 0.2) is 29.2 Å². The Balaban J connectivity index is 2.97. The molecule has 0 heterocycles. The van der Waals surface area contributed by atoms with Crippen LogP contribution in [0.2, 0.25) is 0 Å². The molecule has 3 N–H and O–H groups in total. The predicted molar refractivity (Wildman–Crippen MR) is 65.5 cm³/mol. The Morgan fingerprint density at radius 2 is 2.12 bits per heavy atom. The third kappa shape index (κ3) is 3.83. The summed E-state index contributed by atoms with van der Waals surface area (Å²) in [5.41, 5.74) is 5.70. The summed E-state index contributed by atoms with van der Waals surface area (Å²) in [6, 6.07) is 5.77. The molecule has 1 amide bonds. The van der Waals surface area contributed by atoms with Crippen LogP contribution in [-0.4, -0.2) is 33.2 Å². The van der Waals surface area contributed by atoms with Crippen LogP contribution in [0.5, 0.6) is 0 Å². The van der Waals surface area contributed by atoms with Crippen LogP contribution in [0.1, 0.15) is 17.3 Å². The second-order valence-corrected chi connectivity index (χ2v) is 5.93. The molecule has 0 aliphatic carbocycles. The fourth-order valence-electron chi connectivity index (χ4n) is 1.23. The van der Waals surface area contributed by atoms with Crippen molar-refractivity contribution in [1.82, 2.24) is 5.32 Å². The van der Waals surface area contributed by atoms with Gasteiger partial charge in [0.1, 0.15) is 0 Å². The van der Waals surface area contributed by atoms with Crippen LogP contribution in [-0.2, 0) is 9.84 Å². The number of rotatable bonds is 4. The Labute approximate surface area is 101 Å². The standard InChI is InChI=1S/C11H16N2O3S/c1-8(7-12)13-11(14)9-4-3-5-10(6-9)17(2,15)16/h3-6,8H,7,12H2,1-2H3,(H,13,14)/t8-/m1/s1. The van der Waals surface area contributed by atoms with E-state index < -0.39 is 9.84 Å². The number of carbonyl (C=O) groups excluding carboxylic acids is 1. The Bertz CT molecular complexity index is 511. The molecule has 0 radical (unpaired) electrons. The van der Waals surface area contributed by atoms with Crippen molar-refractivity contribution in [2.75, 3.05) is 12.8 Å². The molecule has 1 atom stereocenters. The molecule has 0 aliphatic rings. The van der Waals surface area contributed by atoms with Crippen LogP contribution in [0.25, 0.3) is 0 Å². The zero-order valence-electron chi connectivity index (χ0n) is 9.80. The summed E-state index contributed by atoms with van der Waals surface area (Å²) >= 11 is 0. The zero-order valence-corrected chi connectivity index (χ0v) is 10.6. The highest BCUT2D eigenvalue weighted by molar-refractivity contribution is 7.90. The molecule has 0 spiro atoms. The van der Waals surface area contributed by atoms with E-state index in [1.54, 1.807) is 19.1 Å². The van der Waals surface area contributed by atoms with Crippen molar-refractivity contribution in [3.63, 3.8) is 0 Å². The molecule has 0 bridgehead atoms. The highest BCUT2D eigenvalue weighted by atomic mass is 32.2. The van der Waals surface area contributed by atoms with Crippen molar-refractivity contribution in [2.45, 2.75) is 17.9 Å². The number of nitrogens with two attached hydrogens (primary N) is 1. The summed E-state index contributed by atoms with van der Waals surface area (Å²) in [6.07, 6.45) is 1.10. The van der Waals surface area contributed by atoms with E-state index >= 15 is 0 Å². The minimum absolute atomic E-state index is 0.130. The summed E-state index contributed by atoms with van der Waals surface area (Å²) in [5.74, 6) is -0.326. The minimum Gasteiger partial charge on any atom is -0.348 e. The van der Waals surface area contributed by atoms with Crippen molar-refractivity contribution < 1.29 is 13.2 Å². The SMILES string of the molecule is C[C@H](CN)NC(=O)c1cccc(S(C)(=O)=O)c1. The Hall–Kier alpha value is -1.40. The highest BCUT2D eigenvalue weighted by Crippen LogP contribution is 2.11. The second-order valence-electron chi connectivity index (χ2n) is 3.91. The molecule has 5 nitrogen and oxygen atoms in total. The summed E-state index contributed by atoms with van der Waals surface area (Å²) in [7, 11) is -3.30. The van der Waals surface area contributed by atoms with E-state index in [4.69, 9.17) is 5.73 Å². The number of sulfone groups is 1. The average molecular weight is 256 g/mol. The summed E-state index contributed by atoms with van der Waals surface area (Å²) in [4.78, 5) is 11.9. The fourth-order valence-corrected chi connectivity index (χ4v) is 1.90. The summed E-state index contributed by atoms with van der Waals surface area (Å²) < 4.78 is 22.7. The Morgan fingerprint density at radius 1 is 1.47 bits per heavy atom. The van der Waals surface area contributed by atoms with E-state index in [2.05, 4.69) is 5.32 Å². The normalized spacial score (nSPS) is 13.1. The Morgan fingerprint density at radius 3 is 2.65 bits per heavy atom. The minimum atomic E-state index is -3.30. The molecule has 0 aliphatic heterocycles. The second kappa shape index (κ2) is 5.29. The van der Waals surface area contributed by atoms with Gasteiger partial charge in [-0.1, -0.05) is 6.07 Å². The monoisotopic (exact) mass is 256 g/mol. The van der Waals surface area contributed by atoms with Crippen LogP contribution < -0.4 is 11.1 Å². The van der Waals surface area contributed by atoms with Crippen LogP contribution in [0.4, 0.5) is 0 Å². The maximum atomic E-state index is 11.7. The van der Waals surface area contributed by atoms with Crippen LogP contribution in [0, 0.1) is 0 Å². The first-order chi connectivity index (χ1) is 7.84. The molecule has 0 aromatic heterocycles. The molecule has 0 saturated heterocycles. The average Bonchev–Trinajstić information content (AvgIpc) is 2.28. The molecule has 0 saturated carbocycles. The van der Waals surface area contributed by atoms with Gasteiger partial charge in [-0.05, 0) is 25.1 Å². The lowest BCUT2D eigenvalue weighted by Gasteiger charge is -2.11. The maximum Gasteiger partial charge on any atom is 0.251 e. The summed E-state index contributed by atoms with van der Waals surface area (Å²) in [6.45, 7) is 2.11. The van der Waals surface area contributed by atoms with Gasteiger partial charge in [0.05, 0.1) is 4.90 Å². The van der Waals surface area contributed by atoms with Crippen LogP contribution in [0.3, 0.4) is 0 Å². The number of carbonyl (C=O) groups is 1. The molecule has 17 heavy (non-hydrogen) atoms. The quantitative estimate of drug-likeness (QED) is 0.803. The van der Waals surface area contributed by atoms with Gasteiger partial charge in [-0.3, -0.25) is 4.79 Å². The van der Waals surface area contributed by atoms with Gasteiger partial charge in [0.2, 0.25) is 0 Å². The van der Waals surface area contributed by atoms with Gasteiger partial charge >= 0.3 is 0 Å².